The van der Waals surface area contributed by atoms with Gasteiger partial charge in [-0.3, -0.25) is 4.90 Å². The standard InChI is InChI=1S/C16H32N2/c1-4-13(3)16-12-18(15(5-2)11-17-16)10-6-7-14-8-9-14/h13-17H,4-12H2,1-3H3. The second kappa shape index (κ2) is 6.91. The minimum atomic E-state index is 0.721. The Kier molecular flexibility index (Phi) is 5.50. The molecule has 1 saturated heterocycles. The van der Waals surface area contributed by atoms with E-state index in [1.165, 1.54) is 58.2 Å². The number of hydrogen-bond acceptors (Lipinski definition) is 2. The van der Waals surface area contributed by atoms with Crippen LogP contribution in [-0.4, -0.2) is 36.6 Å². The third kappa shape index (κ3) is 3.96. The predicted molar refractivity (Wildman–Crippen MR) is 78.9 cm³/mol. The molecule has 0 bridgehead atoms. The van der Waals surface area contributed by atoms with Gasteiger partial charge in [-0.05, 0) is 37.6 Å². The van der Waals surface area contributed by atoms with E-state index in [0.717, 1.165) is 23.9 Å². The topological polar surface area (TPSA) is 15.3 Å². The van der Waals surface area contributed by atoms with Crippen LogP contribution in [0.4, 0.5) is 0 Å². The molecule has 1 aliphatic heterocycles. The van der Waals surface area contributed by atoms with Gasteiger partial charge in [0.25, 0.3) is 0 Å². The lowest BCUT2D eigenvalue weighted by Crippen LogP contribution is -2.58. The Labute approximate surface area is 114 Å². The monoisotopic (exact) mass is 252 g/mol. The first-order valence-electron chi connectivity index (χ1n) is 8.22. The van der Waals surface area contributed by atoms with Crippen molar-refractivity contribution >= 4 is 0 Å². The first-order valence-corrected chi connectivity index (χ1v) is 8.22. The highest BCUT2D eigenvalue weighted by molar-refractivity contribution is 4.88. The van der Waals surface area contributed by atoms with Crippen LogP contribution in [-0.2, 0) is 0 Å². The molecule has 18 heavy (non-hydrogen) atoms. The Balaban J connectivity index is 1.77. The fourth-order valence-electron chi connectivity index (χ4n) is 3.21. The first kappa shape index (κ1) is 14.3. The molecule has 3 unspecified atom stereocenters. The minimum absolute atomic E-state index is 0.721. The minimum Gasteiger partial charge on any atom is -0.311 e. The van der Waals surface area contributed by atoms with Crippen molar-refractivity contribution in [2.24, 2.45) is 11.8 Å². The molecule has 2 heteroatoms. The zero-order valence-electron chi connectivity index (χ0n) is 12.6. The number of hydrogen-bond donors (Lipinski definition) is 1. The van der Waals surface area contributed by atoms with Crippen molar-refractivity contribution in [3.8, 4) is 0 Å². The van der Waals surface area contributed by atoms with Crippen molar-refractivity contribution in [3.05, 3.63) is 0 Å². The molecule has 2 fully saturated rings. The predicted octanol–water partition coefficient (Wildman–Crippen LogP) is 3.28. The number of rotatable bonds is 7. The third-order valence-electron chi connectivity index (χ3n) is 5.12. The van der Waals surface area contributed by atoms with Crippen LogP contribution >= 0.6 is 0 Å². The summed E-state index contributed by atoms with van der Waals surface area (Å²) in [5, 5.41) is 3.77. The fourth-order valence-corrected chi connectivity index (χ4v) is 3.21. The van der Waals surface area contributed by atoms with Gasteiger partial charge in [0.2, 0.25) is 0 Å². The molecule has 1 heterocycles. The summed E-state index contributed by atoms with van der Waals surface area (Å²) in [5.41, 5.74) is 0. The molecule has 3 atom stereocenters. The number of nitrogens with one attached hydrogen (secondary N) is 1. The van der Waals surface area contributed by atoms with Crippen molar-refractivity contribution in [1.82, 2.24) is 10.2 Å². The van der Waals surface area contributed by atoms with Crippen molar-refractivity contribution in [2.75, 3.05) is 19.6 Å². The van der Waals surface area contributed by atoms with Gasteiger partial charge in [-0.25, -0.2) is 0 Å². The summed E-state index contributed by atoms with van der Waals surface area (Å²) in [6.45, 7) is 10.9. The SMILES string of the molecule is CCC(C)C1CN(CCCC2CC2)C(CC)CN1. The smallest absolute Gasteiger partial charge is 0.0221 e. The van der Waals surface area contributed by atoms with E-state index in [2.05, 4.69) is 31.0 Å². The van der Waals surface area contributed by atoms with Crippen LogP contribution in [0.3, 0.4) is 0 Å². The Morgan fingerprint density at radius 1 is 1.28 bits per heavy atom. The molecule has 2 nitrogen and oxygen atoms in total. The first-order chi connectivity index (χ1) is 8.74. The number of piperazine rings is 1. The van der Waals surface area contributed by atoms with E-state index in [-0.39, 0.29) is 0 Å². The Bertz CT molecular complexity index is 237. The van der Waals surface area contributed by atoms with Crippen molar-refractivity contribution in [2.45, 2.75) is 71.4 Å². The molecule has 0 aromatic heterocycles. The molecule has 0 amide bonds. The molecule has 106 valence electrons. The normalized spacial score (nSPS) is 31.5. The van der Waals surface area contributed by atoms with E-state index in [1.54, 1.807) is 0 Å². The second-order valence-corrected chi connectivity index (χ2v) is 6.54. The van der Waals surface area contributed by atoms with Gasteiger partial charge >= 0.3 is 0 Å². The summed E-state index contributed by atoms with van der Waals surface area (Å²) in [4.78, 5) is 2.77. The number of nitrogens with zero attached hydrogens (tertiary/aromatic N) is 1. The maximum absolute atomic E-state index is 3.77. The molecule has 0 aromatic rings. The molecule has 1 saturated carbocycles. The zero-order valence-corrected chi connectivity index (χ0v) is 12.6. The summed E-state index contributed by atoms with van der Waals surface area (Å²) in [6.07, 6.45) is 8.51. The lowest BCUT2D eigenvalue weighted by molar-refractivity contribution is 0.104. The van der Waals surface area contributed by atoms with Crippen LogP contribution in [0.25, 0.3) is 0 Å². The second-order valence-electron chi connectivity index (χ2n) is 6.54. The molecule has 2 rings (SSSR count). The van der Waals surface area contributed by atoms with Gasteiger partial charge in [-0.15, -0.1) is 0 Å². The van der Waals surface area contributed by atoms with Gasteiger partial charge in [0.1, 0.15) is 0 Å². The van der Waals surface area contributed by atoms with Gasteiger partial charge in [-0.1, -0.05) is 40.0 Å². The van der Waals surface area contributed by atoms with Crippen LogP contribution < -0.4 is 5.32 Å². The Hall–Kier alpha value is -0.0800. The Morgan fingerprint density at radius 3 is 2.67 bits per heavy atom. The lowest BCUT2D eigenvalue weighted by atomic mass is 9.94. The van der Waals surface area contributed by atoms with Gasteiger partial charge < -0.3 is 5.32 Å². The van der Waals surface area contributed by atoms with E-state index < -0.39 is 0 Å². The van der Waals surface area contributed by atoms with Gasteiger partial charge in [-0.2, -0.15) is 0 Å². The van der Waals surface area contributed by atoms with Gasteiger partial charge in [0, 0.05) is 25.2 Å². The van der Waals surface area contributed by atoms with Gasteiger partial charge in [0.05, 0.1) is 0 Å². The highest BCUT2D eigenvalue weighted by Gasteiger charge is 2.29. The van der Waals surface area contributed by atoms with Gasteiger partial charge in [0.15, 0.2) is 0 Å². The molecule has 0 spiro atoms. The molecule has 0 aromatic carbocycles. The van der Waals surface area contributed by atoms with Crippen LogP contribution in [0, 0.1) is 11.8 Å². The molecule has 0 radical (unpaired) electrons. The van der Waals surface area contributed by atoms with Crippen LogP contribution in [0.15, 0.2) is 0 Å². The Morgan fingerprint density at radius 2 is 2.06 bits per heavy atom. The summed E-state index contributed by atoms with van der Waals surface area (Å²) < 4.78 is 0. The average Bonchev–Trinajstić information content (AvgIpc) is 3.22. The average molecular weight is 252 g/mol. The third-order valence-corrected chi connectivity index (χ3v) is 5.12. The largest absolute Gasteiger partial charge is 0.311 e. The zero-order chi connectivity index (χ0) is 13.0. The lowest BCUT2D eigenvalue weighted by Gasteiger charge is -2.42. The van der Waals surface area contributed by atoms with Crippen LogP contribution in [0.5, 0.6) is 0 Å². The van der Waals surface area contributed by atoms with E-state index in [0.29, 0.717) is 0 Å². The summed E-state index contributed by atoms with van der Waals surface area (Å²) in [6, 6.07) is 1.50. The molecule has 1 N–H and O–H groups in total. The van der Waals surface area contributed by atoms with Crippen LogP contribution in [0.1, 0.15) is 59.3 Å². The van der Waals surface area contributed by atoms with Crippen molar-refractivity contribution in [1.29, 1.82) is 0 Å². The van der Waals surface area contributed by atoms with E-state index in [4.69, 9.17) is 0 Å². The van der Waals surface area contributed by atoms with E-state index in [1.807, 2.05) is 0 Å². The maximum atomic E-state index is 3.77. The highest BCUT2D eigenvalue weighted by atomic mass is 15.2. The molecule has 1 aliphatic carbocycles. The van der Waals surface area contributed by atoms with Crippen LogP contribution in [0.2, 0.25) is 0 Å². The summed E-state index contributed by atoms with van der Waals surface area (Å²) in [7, 11) is 0. The molecular formula is C16H32N2. The van der Waals surface area contributed by atoms with E-state index in [9.17, 15) is 0 Å². The molecular weight excluding hydrogens is 220 g/mol. The van der Waals surface area contributed by atoms with E-state index >= 15 is 0 Å². The molecule has 2 aliphatic rings. The van der Waals surface area contributed by atoms with Crippen molar-refractivity contribution in [3.63, 3.8) is 0 Å². The summed E-state index contributed by atoms with van der Waals surface area (Å²) >= 11 is 0. The quantitative estimate of drug-likeness (QED) is 0.748. The maximum Gasteiger partial charge on any atom is 0.0221 e. The van der Waals surface area contributed by atoms with Crippen molar-refractivity contribution < 1.29 is 0 Å². The summed E-state index contributed by atoms with van der Waals surface area (Å²) in [5.74, 6) is 1.91. The highest BCUT2D eigenvalue weighted by Crippen LogP contribution is 2.33. The fraction of sp³-hybridized carbons (Fsp3) is 1.00.